The highest BCUT2D eigenvalue weighted by Crippen LogP contribution is 2.23. The summed E-state index contributed by atoms with van der Waals surface area (Å²) >= 11 is 0. The molecule has 8 N–H and O–H groups in total. The molecule has 2 fully saturated rings. The Morgan fingerprint density at radius 3 is 2.02 bits per heavy atom. The Hall–Kier alpha value is -5.75. The lowest BCUT2D eigenvalue weighted by Crippen LogP contribution is -2.62. The van der Waals surface area contributed by atoms with Gasteiger partial charge < -0.3 is 52.0 Å². The van der Waals surface area contributed by atoms with Crippen LogP contribution in [0.5, 0.6) is 5.75 Å². The molecular formula is C47H74N8O11. The number of hydrogen-bond acceptors (Lipinski definition) is 11. The fraction of sp³-hybridized carbons (Fsp3) is 0.681. The van der Waals surface area contributed by atoms with E-state index < -0.39 is 113 Å². The summed E-state index contributed by atoms with van der Waals surface area (Å²) in [6.07, 6.45) is -0.293. The average molecular weight is 927 g/mol. The van der Waals surface area contributed by atoms with Crippen LogP contribution in [0, 0.1) is 29.6 Å². The van der Waals surface area contributed by atoms with Gasteiger partial charge >= 0.3 is 5.97 Å². The zero-order valence-electron chi connectivity index (χ0n) is 40.3. The summed E-state index contributed by atoms with van der Waals surface area (Å²) in [5.74, 6) is -8.51. The van der Waals surface area contributed by atoms with Crippen LogP contribution >= 0.6 is 0 Å². The molecule has 66 heavy (non-hydrogen) atoms. The van der Waals surface area contributed by atoms with Gasteiger partial charge in [0, 0.05) is 38.9 Å². The zero-order chi connectivity index (χ0) is 49.6. The van der Waals surface area contributed by atoms with E-state index in [4.69, 9.17) is 10.5 Å². The Morgan fingerprint density at radius 2 is 1.44 bits per heavy atom. The van der Waals surface area contributed by atoms with Crippen LogP contribution in [-0.4, -0.2) is 131 Å². The van der Waals surface area contributed by atoms with Crippen LogP contribution < -0.4 is 32.3 Å². The second-order valence-corrected chi connectivity index (χ2v) is 18.5. The van der Waals surface area contributed by atoms with Gasteiger partial charge in [0.2, 0.25) is 47.3 Å². The number of cyclic esters (lactones) is 1. The van der Waals surface area contributed by atoms with Crippen molar-refractivity contribution in [3.8, 4) is 5.75 Å². The largest absolute Gasteiger partial charge is 0.508 e. The number of nitrogens with two attached hydrogens (primary N) is 1. The number of nitrogens with zero attached hydrogens (tertiary/aromatic N) is 2. The first-order chi connectivity index (χ1) is 31.0. The van der Waals surface area contributed by atoms with Gasteiger partial charge in [-0.15, -0.1) is 0 Å². The van der Waals surface area contributed by atoms with E-state index in [0.29, 0.717) is 24.8 Å². The number of fused-ring (bicyclic) bond motifs is 2. The van der Waals surface area contributed by atoms with Crippen molar-refractivity contribution in [1.82, 2.24) is 36.4 Å². The molecule has 0 spiro atoms. The highest BCUT2D eigenvalue weighted by Gasteiger charge is 2.42. The monoisotopic (exact) mass is 927 g/mol. The summed E-state index contributed by atoms with van der Waals surface area (Å²) in [6.45, 7) is 15.8. The van der Waals surface area contributed by atoms with Crippen LogP contribution in [0.1, 0.15) is 113 Å². The maximum atomic E-state index is 14.6. The molecule has 2 aliphatic heterocycles. The van der Waals surface area contributed by atoms with Crippen molar-refractivity contribution >= 4 is 53.2 Å². The highest BCUT2D eigenvalue weighted by molar-refractivity contribution is 5.97. The van der Waals surface area contributed by atoms with E-state index in [1.807, 2.05) is 27.7 Å². The number of aromatic hydroxyl groups is 1. The Morgan fingerprint density at radius 1 is 0.833 bits per heavy atom. The van der Waals surface area contributed by atoms with Crippen molar-refractivity contribution in [3.63, 3.8) is 0 Å². The first-order valence-electron chi connectivity index (χ1n) is 23.4. The second kappa shape index (κ2) is 25.2. The van der Waals surface area contributed by atoms with Crippen LogP contribution in [-0.2, 0) is 54.3 Å². The topological polar surface area (TPSA) is 276 Å². The molecule has 8 amide bonds. The fourth-order valence-electron chi connectivity index (χ4n) is 7.89. The Labute approximate surface area is 388 Å². The Kier molecular flexibility index (Phi) is 20.9. The normalized spacial score (nSPS) is 25.7. The van der Waals surface area contributed by atoms with Gasteiger partial charge in [-0.1, -0.05) is 80.4 Å². The van der Waals surface area contributed by atoms with Crippen molar-refractivity contribution in [3.05, 3.63) is 29.8 Å². The molecule has 0 saturated carbocycles. The van der Waals surface area contributed by atoms with Gasteiger partial charge in [-0.2, -0.15) is 0 Å². The first kappa shape index (κ1) is 54.6. The van der Waals surface area contributed by atoms with Gasteiger partial charge in [-0.25, -0.2) is 4.79 Å². The van der Waals surface area contributed by atoms with E-state index in [2.05, 4.69) is 26.6 Å². The predicted molar refractivity (Wildman–Crippen MR) is 245 cm³/mol. The summed E-state index contributed by atoms with van der Waals surface area (Å²) in [5.41, 5.74) is 5.98. The summed E-state index contributed by atoms with van der Waals surface area (Å²) in [5, 5.41) is 23.7. The molecule has 2 aliphatic rings. The third kappa shape index (κ3) is 15.2. The molecule has 2 heterocycles. The number of benzene rings is 1. The summed E-state index contributed by atoms with van der Waals surface area (Å²) < 4.78 is 5.95. The number of nitrogens with one attached hydrogen (secondary N) is 5. The molecule has 2 saturated heterocycles. The van der Waals surface area contributed by atoms with Gasteiger partial charge in [-0.3, -0.25) is 38.4 Å². The maximum absolute atomic E-state index is 14.6. The van der Waals surface area contributed by atoms with Crippen molar-refractivity contribution < 1.29 is 53.0 Å². The fourth-order valence-corrected chi connectivity index (χ4v) is 7.89. The number of esters is 1. The van der Waals surface area contributed by atoms with E-state index in [1.54, 1.807) is 39.8 Å². The zero-order valence-corrected chi connectivity index (χ0v) is 40.3. The minimum absolute atomic E-state index is 0.0130. The summed E-state index contributed by atoms with van der Waals surface area (Å²) in [4.78, 5) is 128. The van der Waals surface area contributed by atoms with Crippen LogP contribution in [0.15, 0.2) is 24.3 Å². The molecule has 3 unspecified atom stereocenters. The molecular weight excluding hydrogens is 853 g/mol. The van der Waals surface area contributed by atoms with Gasteiger partial charge in [0.05, 0.1) is 5.92 Å². The van der Waals surface area contributed by atoms with Crippen LogP contribution in [0.2, 0.25) is 0 Å². The highest BCUT2D eigenvalue weighted by atomic mass is 16.5. The van der Waals surface area contributed by atoms with E-state index in [1.165, 1.54) is 35.9 Å². The van der Waals surface area contributed by atoms with Crippen molar-refractivity contribution in [2.45, 2.75) is 156 Å². The molecule has 11 atom stereocenters. The Bertz CT molecular complexity index is 1890. The minimum atomic E-state index is -1.68. The lowest BCUT2D eigenvalue weighted by molar-refractivity contribution is -0.158. The van der Waals surface area contributed by atoms with Gasteiger partial charge in [0.1, 0.15) is 48.1 Å². The molecule has 19 nitrogen and oxygen atoms in total. The number of amides is 8. The molecule has 1 aromatic carbocycles. The molecule has 19 heteroatoms. The van der Waals surface area contributed by atoms with E-state index in [-0.39, 0.29) is 62.8 Å². The molecule has 0 aliphatic carbocycles. The van der Waals surface area contributed by atoms with Crippen LogP contribution in [0.25, 0.3) is 0 Å². The SMILES string of the molecule is CCC(C)C(=O)N[C@@H](CCC(N)=O)C(=O)N[C@@H]1C(=O)N[C@@H](CC(C)C)C(=O)N2CC[C@H](C2)C(=O)N[C@@H](C(C)CC)C(=O)N(C)[C@@H](Cc2ccc(O)cc2)C(=O)N[C@@H](C(C)CC)C(=O)O[C@@H]1C. The number of phenolic OH excluding ortho intramolecular Hbond substituents is 1. The molecule has 0 radical (unpaired) electrons. The van der Waals surface area contributed by atoms with E-state index >= 15 is 0 Å². The second-order valence-electron chi connectivity index (χ2n) is 18.5. The minimum Gasteiger partial charge on any atom is -0.508 e. The third-order valence-electron chi connectivity index (χ3n) is 12.9. The lowest BCUT2D eigenvalue weighted by Gasteiger charge is -2.35. The Balaban J connectivity index is 2.20. The maximum Gasteiger partial charge on any atom is 0.329 e. The first-order valence-corrected chi connectivity index (χ1v) is 23.4. The quantitative estimate of drug-likeness (QED) is 0.117. The number of carbonyl (C=O) groups excluding carboxylic acids is 9. The third-order valence-corrected chi connectivity index (χ3v) is 12.9. The molecule has 368 valence electrons. The van der Waals surface area contributed by atoms with Gasteiger partial charge in [0.25, 0.3) is 0 Å². The summed E-state index contributed by atoms with van der Waals surface area (Å²) in [7, 11) is 1.44. The molecule has 0 aromatic heterocycles. The van der Waals surface area contributed by atoms with E-state index in [0.717, 1.165) is 0 Å². The summed E-state index contributed by atoms with van der Waals surface area (Å²) in [6, 6.07) is -1.74. The van der Waals surface area contributed by atoms with Crippen molar-refractivity contribution in [2.75, 3.05) is 20.1 Å². The number of primary amides is 1. The number of hydrogen-bond donors (Lipinski definition) is 7. The smallest absolute Gasteiger partial charge is 0.329 e. The number of carbonyl (C=O) groups is 9. The average Bonchev–Trinajstić information content (AvgIpc) is 3.78. The van der Waals surface area contributed by atoms with Gasteiger partial charge in [-0.05, 0) is 68.1 Å². The number of ether oxygens (including phenoxy) is 1. The number of rotatable bonds is 16. The molecule has 2 bridgehead atoms. The number of phenols is 1. The van der Waals surface area contributed by atoms with Crippen LogP contribution in [0.4, 0.5) is 0 Å². The lowest BCUT2D eigenvalue weighted by atomic mass is 9.94. The van der Waals surface area contributed by atoms with Crippen molar-refractivity contribution in [2.24, 2.45) is 35.3 Å². The van der Waals surface area contributed by atoms with Crippen molar-refractivity contribution in [1.29, 1.82) is 0 Å². The number of likely N-dealkylation sites (N-methyl/N-ethyl adjacent to an activating group) is 1. The van der Waals surface area contributed by atoms with Crippen LogP contribution in [0.3, 0.4) is 0 Å². The molecule has 1 aromatic rings. The van der Waals surface area contributed by atoms with E-state index in [9.17, 15) is 48.3 Å². The molecule has 3 rings (SSSR count). The standard InChI is InChI=1S/C47H74N8O11/c1-11-26(6)37-46(64)54(10)35(23-30-14-16-32(56)17-15-30)43(61)52-38(27(7)12-2)47(65)66-29(9)39(53-42(60)33(18-19-36(48)57)49-40(58)28(8)13-3)44(62)50-34(22-25(4)5)45(63)55-21-20-31(24-55)41(59)51-37/h14-17,25-29,31,33-35,37-39,56H,11-13,18-24H2,1-10H3,(H2,48,57)(H,49,58)(H,50,62)(H,51,59)(H,52,61)(H,53,60)/t26?,27?,28?,29-,31-,33+,34+,35+,37+,38+,39+/m1/s1. The van der Waals surface area contributed by atoms with Gasteiger partial charge in [0.15, 0.2) is 0 Å². The predicted octanol–water partition coefficient (Wildman–Crippen LogP) is 1.43.